The SMILES string of the molecule is O=C(Nc1ccccc1O)C1CCCN1C(=O)c1ccc2c(c1)OCO2. The molecule has 2 aromatic carbocycles. The van der Waals surface area contributed by atoms with E-state index in [-0.39, 0.29) is 24.4 Å². The van der Waals surface area contributed by atoms with Crippen LogP contribution >= 0.6 is 0 Å². The van der Waals surface area contributed by atoms with Gasteiger partial charge in [0.1, 0.15) is 11.8 Å². The first-order chi connectivity index (χ1) is 12.6. The number of hydrogen-bond donors (Lipinski definition) is 2. The van der Waals surface area contributed by atoms with Crippen molar-refractivity contribution in [3.05, 3.63) is 48.0 Å². The summed E-state index contributed by atoms with van der Waals surface area (Å²) in [6, 6.07) is 10.9. The zero-order valence-electron chi connectivity index (χ0n) is 14.0. The number of aromatic hydroxyl groups is 1. The van der Waals surface area contributed by atoms with Crippen molar-refractivity contribution in [1.82, 2.24) is 4.90 Å². The van der Waals surface area contributed by atoms with Crippen LogP contribution in [0, 0.1) is 0 Å². The molecular weight excluding hydrogens is 336 g/mol. The fourth-order valence-electron chi connectivity index (χ4n) is 3.27. The summed E-state index contributed by atoms with van der Waals surface area (Å²) in [6.45, 7) is 0.647. The molecule has 1 fully saturated rings. The van der Waals surface area contributed by atoms with Crippen LogP contribution in [0.3, 0.4) is 0 Å². The fraction of sp³-hybridized carbons (Fsp3) is 0.263. The maximum absolute atomic E-state index is 12.9. The average Bonchev–Trinajstić information content (AvgIpc) is 3.31. The third kappa shape index (κ3) is 2.92. The molecule has 0 spiro atoms. The molecule has 0 aromatic heterocycles. The monoisotopic (exact) mass is 354 g/mol. The number of nitrogens with one attached hydrogen (secondary N) is 1. The Morgan fingerprint density at radius 2 is 1.92 bits per heavy atom. The molecule has 0 bridgehead atoms. The van der Waals surface area contributed by atoms with E-state index in [0.717, 1.165) is 6.42 Å². The molecule has 1 saturated heterocycles. The Morgan fingerprint density at radius 1 is 1.12 bits per heavy atom. The Morgan fingerprint density at radius 3 is 2.77 bits per heavy atom. The van der Waals surface area contributed by atoms with E-state index in [1.807, 2.05) is 0 Å². The van der Waals surface area contributed by atoms with Crippen LogP contribution in [0.25, 0.3) is 0 Å². The fourth-order valence-corrected chi connectivity index (χ4v) is 3.27. The highest BCUT2D eigenvalue weighted by Gasteiger charge is 2.35. The molecule has 2 aromatic rings. The van der Waals surface area contributed by atoms with Crippen molar-refractivity contribution in [2.75, 3.05) is 18.7 Å². The lowest BCUT2D eigenvalue weighted by molar-refractivity contribution is -0.119. The Hall–Kier alpha value is -3.22. The highest BCUT2D eigenvalue weighted by Crippen LogP contribution is 2.33. The molecular formula is C19H18N2O5. The van der Waals surface area contributed by atoms with E-state index < -0.39 is 6.04 Å². The number of phenols is 1. The number of para-hydroxylation sites is 2. The number of likely N-dealkylation sites (tertiary alicyclic amines) is 1. The molecule has 2 aliphatic rings. The summed E-state index contributed by atoms with van der Waals surface area (Å²) in [5.41, 5.74) is 0.788. The number of carbonyl (C=O) groups excluding carboxylic acids is 2. The molecule has 1 atom stereocenters. The number of phenolic OH excluding ortho intramolecular Hbond substituents is 1. The number of fused-ring (bicyclic) bond motifs is 1. The number of rotatable bonds is 3. The van der Waals surface area contributed by atoms with E-state index in [2.05, 4.69) is 5.32 Å². The van der Waals surface area contributed by atoms with E-state index in [0.29, 0.717) is 35.7 Å². The van der Waals surface area contributed by atoms with E-state index in [4.69, 9.17) is 9.47 Å². The Bertz CT molecular complexity index is 867. The molecule has 1 unspecified atom stereocenters. The van der Waals surface area contributed by atoms with Gasteiger partial charge in [0, 0.05) is 12.1 Å². The first kappa shape index (κ1) is 16.3. The van der Waals surface area contributed by atoms with Gasteiger partial charge < -0.3 is 24.8 Å². The highest BCUT2D eigenvalue weighted by atomic mass is 16.7. The van der Waals surface area contributed by atoms with E-state index >= 15 is 0 Å². The summed E-state index contributed by atoms with van der Waals surface area (Å²) in [7, 11) is 0. The van der Waals surface area contributed by atoms with Crippen molar-refractivity contribution in [3.63, 3.8) is 0 Å². The van der Waals surface area contributed by atoms with E-state index in [1.165, 1.54) is 6.07 Å². The number of amides is 2. The number of anilines is 1. The minimum absolute atomic E-state index is 0.00695. The van der Waals surface area contributed by atoms with Gasteiger partial charge in [0.25, 0.3) is 5.91 Å². The number of ether oxygens (including phenoxy) is 2. The molecule has 2 amide bonds. The summed E-state index contributed by atoms with van der Waals surface area (Å²) in [5.74, 6) is 0.603. The van der Waals surface area contributed by atoms with Gasteiger partial charge in [-0.15, -0.1) is 0 Å². The predicted octanol–water partition coefficient (Wildman–Crippen LogP) is 2.36. The van der Waals surface area contributed by atoms with Crippen LogP contribution in [0.5, 0.6) is 17.2 Å². The zero-order chi connectivity index (χ0) is 18.1. The second kappa shape index (κ2) is 6.59. The zero-order valence-corrected chi connectivity index (χ0v) is 14.0. The van der Waals surface area contributed by atoms with Crippen LogP contribution < -0.4 is 14.8 Å². The first-order valence-corrected chi connectivity index (χ1v) is 8.43. The number of benzene rings is 2. The molecule has 26 heavy (non-hydrogen) atoms. The molecule has 7 nitrogen and oxygen atoms in total. The van der Waals surface area contributed by atoms with Gasteiger partial charge in [-0.1, -0.05) is 12.1 Å². The third-order valence-electron chi connectivity index (χ3n) is 4.60. The van der Waals surface area contributed by atoms with Gasteiger partial charge in [-0.25, -0.2) is 0 Å². The summed E-state index contributed by atoms with van der Waals surface area (Å²) in [6.07, 6.45) is 1.32. The molecule has 7 heteroatoms. The van der Waals surface area contributed by atoms with Gasteiger partial charge in [-0.3, -0.25) is 9.59 Å². The summed E-state index contributed by atoms with van der Waals surface area (Å²) >= 11 is 0. The van der Waals surface area contributed by atoms with Gasteiger partial charge >= 0.3 is 0 Å². The minimum atomic E-state index is -0.576. The van der Waals surface area contributed by atoms with Gasteiger partial charge in [0.15, 0.2) is 11.5 Å². The van der Waals surface area contributed by atoms with Crippen molar-refractivity contribution in [3.8, 4) is 17.2 Å². The maximum atomic E-state index is 12.9. The highest BCUT2D eigenvalue weighted by molar-refractivity contribution is 6.02. The van der Waals surface area contributed by atoms with Gasteiger partial charge in [0.05, 0.1) is 5.69 Å². The second-order valence-electron chi connectivity index (χ2n) is 6.23. The van der Waals surface area contributed by atoms with Crippen LogP contribution in [0.4, 0.5) is 5.69 Å². The second-order valence-corrected chi connectivity index (χ2v) is 6.23. The quantitative estimate of drug-likeness (QED) is 0.826. The normalized spacial score (nSPS) is 18.0. The molecule has 0 aliphatic carbocycles. The summed E-state index contributed by atoms with van der Waals surface area (Å²) in [5, 5.41) is 12.5. The van der Waals surface area contributed by atoms with Crippen LogP contribution in [0.1, 0.15) is 23.2 Å². The van der Waals surface area contributed by atoms with Gasteiger partial charge in [0.2, 0.25) is 12.7 Å². The first-order valence-electron chi connectivity index (χ1n) is 8.43. The van der Waals surface area contributed by atoms with Crippen LogP contribution in [0.15, 0.2) is 42.5 Å². The van der Waals surface area contributed by atoms with Crippen molar-refractivity contribution in [2.24, 2.45) is 0 Å². The topological polar surface area (TPSA) is 88.1 Å². The van der Waals surface area contributed by atoms with E-state index in [1.54, 1.807) is 41.3 Å². The van der Waals surface area contributed by atoms with E-state index in [9.17, 15) is 14.7 Å². The van der Waals surface area contributed by atoms with Gasteiger partial charge in [-0.05, 0) is 43.2 Å². The molecule has 4 rings (SSSR count). The van der Waals surface area contributed by atoms with Crippen LogP contribution in [0.2, 0.25) is 0 Å². The van der Waals surface area contributed by atoms with Crippen molar-refractivity contribution in [2.45, 2.75) is 18.9 Å². The number of nitrogens with zero attached hydrogens (tertiary/aromatic N) is 1. The largest absolute Gasteiger partial charge is 0.506 e. The van der Waals surface area contributed by atoms with Crippen LogP contribution in [-0.4, -0.2) is 41.2 Å². The predicted molar refractivity (Wildman–Crippen MR) is 93.4 cm³/mol. The Labute approximate surface area is 150 Å². The Kier molecular flexibility index (Phi) is 4.12. The molecule has 0 radical (unpaired) electrons. The summed E-state index contributed by atoms with van der Waals surface area (Å²) < 4.78 is 10.6. The molecule has 2 N–H and O–H groups in total. The summed E-state index contributed by atoms with van der Waals surface area (Å²) in [4.78, 5) is 27.1. The third-order valence-corrected chi connectivity index (χ3v) is 4.60. The molecule has 2 heterocycles. The minimum Gasteiger partial charge on any atom is -0.506 e. The average molecular weight is 354 g/mol. The Balaban J connectivity index is 1.51. The lowest BCUT2D eigenvalue weighted by Gasteiger charge is -2.24. The lowest BCUT2D eigenvalue weighted by Crippen LogP contribution is -2.43. The van der Waals surface area contributed by atoms with Crippen molar-refractivity contribution < 1.29 is 24.2 Å². The van der Waals surface area contributed by atoms with Crippen LogP contribution in [-0.2, 0) is 4.79 Å². The standard InChI is InChI=1S/C19H18N2O5/c22-15-6-2-1-4-13(15)20-18(23)14-5-3-9-21(14)19(24)12-7-8-16-17(10-12)26-11-25-16/h1-2,4,6-8,10,14,22H,3,5,9,11H2,(H,20,23). The number of hydrogen-bond acceptors (Lipinski definition) is 5. The van der Waals surface area contributed by atoms with Gasteiger partial charge in [-0.2, -0.15) is 0 Å². The lowest BCUT2D eigenvalue weighted by atomic mass is 10.1. The molecule has 0 saturated carbocycles. The van der Waals surface area contributed by atoms with Crippen molar-refractivity contribution in [1.29, 1.82) is 0 Å². The molecule has 134 valence electrons. The smallest absolute Gasteiger partial charge is 0.254 e. The number of carbonyl (C=O) groups is 2. The van der Waals surface area contributed by atoms with Crippen molar-refractivity contribution >= 4 is 17.5 Å². The maximum Gasteiger partial charge on any atom is 0.254 e. The molecule has 2 aliphatic heterocycles.